The van der Waals surface area contributed by atoms with Crippen LogP contribution in [0.1, 0.15) is 16.7 Å². The van der Waals surface area contributed by atoms with Gasteiger partial charge in [-0.15, -0.1) is 0 Å². The highest BCUT2D eigenvalue weighted by atomic mass is 16.5. The van der Waals surface area contributed by atoms with E-state index in [1.54, 1.807) is 23.0 Å². The van der Waals surface area contributed by atoms with Crippen molar-refractivity contribution in [1.82, 2.24) is 19.7 Å². The molecule has 3 rings (SSSR count). The van der Waals surface area contributed by atoms with Crippen LogP contribution in [0.2, 0.25) is 0 Å². The molecule has 0 saturated carbocycles. The van der Waals surface area contributed by atoms with E-state index < -0.39 is 0 Å². The van der Waals surface area contributed by atoms with Crippen molar-refractivity contribution in [2.24, 2.45) is 7.05 Å². The fourth-order valence-electron chi connectivity index (χ4n) is 2.21. The zero-order valence-electron chi connectivity index (χ0n) is 12.0. The lowest BCUT2D eigenvalue weighted by atomic mass is 10.1. The van der Waals surface area contributed by atoms with Gasteiger partial charge in [0.2, 0.25) is 5.82 Å². The lowest BCUT2D eigenvalue weighted by molar-refractivity contribution is 0.429. The summed E-state index contributed by atoms with van der Waals surface area (Å²) in [5.74, 6) is 0.818. The Balaban J connectivity index is 2.04. The minimum Gasteiger partial charge on any atom is -0.345 e. The SMILES string of the molecule is Cc1cnc(-c2noc(-c3cc(C#N)cn3C)n2)c(C)c1. The Morgan fingerprint density at radius 3 is 2.76 bits per heavy atom. The van der Waals surface area contributed by atoms with E-state index in [-0.39, 0.29) is 0 Å². The Labute approximate surface area is 121 Å². The summed E-state index contributed by atoms with van der Waals surface area (Å²) in [7, 11) is 1.83. The molecular formula is C15H13N5O. The van der Waals surface area contributed by atoms with Gasteiger partial charge < -0.3 is 9.09 Å². The molecule has 0 spiro atoms. The van der Waals surface area contributed by atoms with Gasteiger partial charge in [-0.1, -0.05) is 11.2 Å². The normalized spacial score (nSPS) is 10.6. The Morgan fingerprint density at radius 2 is 2.10 bits per heavy atom. The highest BCUT2D eigenvalue weighted by Gasteiger charge is 2.16. The molecule has 0 unspecified atom stereocenters. The minimum absolute atomic E-state index is 0.371. The van der Waals surface area contributed by atoms with E-state index in [1.807, 2.05) is 27.0 Å². The summed E-state index contributed by atoms with van der Waals surface area (Å²) < 4.78 is 7.08. The van der Waals surface area contributed by atoms with Gasteiger partial charge in [-0.3, -0.25) is 4.98 Å². The van der Waals surface area contributed by atoms with E-state index in [0.29, 0.717) is 28.7 Å². The quantitative estimate of drug-likeness (QED) is 0.720. The molecule has 0 aliphatic carbocycles. The second-order valence-corrected chi connectivity index (χ2v) is 4.94. The topological polar surface area (TPSA) is 80.5 Å². The lowest BCUT2D eigenvalue weighted by Crippen LogP contribution is -1.92. The number of aromatic nitrogens is 4. The van der Waals surface area contributed by atoms with Crippen molar-refractivity contribution in [3.8, 4) is 29.2 Å². The second kappa shape index (κ2) is 4.87. The summed E-state index contributed by atoms with van der Waals surface area (Å²) in [6, 6.07) is 5.83. The molecule has 3 aromatic rings. The monoisotopic (exact) mass is 279 g/mol. The number of aryl methyl sites for hydroxylation is 3. The highest BCUT2D eigenvalue weighted by molar-refractivity contribution is 5.59. The zero-order valence-corrected chi connectivity index (χ0v) is 12.0. The van der Waals surface area contributed by atoms with Crippen LogP contribution < -0.4 is 0 Å². The van der Waals surface area contributed by atoms with Crippen LogP contribution in [0.3, 0.4) is 0 Å². The molecule has 0 saturated heterocycles. The number of nitrogens with zero attached hydrogens (tertiary/aromatic N) is 5. The van der Waals surface area contributed by atoms with Gasteiger partial charge in [-0.25, -0.2) is 0 Å². The van der Waals surface area contributed by atoms with Crippen molar-refractivity contribution < 1.29 is 4.52 Å². The number of nitriles is 1. The van der Waals surface area contributed by atoms with Gasteiger partial charge in [0, 0.05) is 19.4 Å². The molecule has 0 aliphatic rings. The Morgan fingerprint density at radius 1 is 1.29 bits per heavy atom. The molecule has 6 nitrogen and oxygen atoms in total. The van der Waals surface area contributed by atoms with E-state index in [0.717, 1.165) is 11.1 Å². The molecule has 3 heterocycles. The molecular weight excluding hydrogens is 266 g/mol. The average Bonchev–Trinajstić information content (AvgIpc) is 3.05. The fraction of sp³-hybridized carbons (Fsp3) is 0.200. The maximum absolute atomic E-state index is 8.93. The van der Waals surface area contributed by atoms with Crippen molar-refractivity contribution in [2.45, 2.75) is 13.8 Å². The Bertz CT molecular complexity index is 853. The third-order valence-corrected chi connectivity index (χ3v) is 3.21. The lowest BCUT2D eigenvalue weighted by Gasteiger charge is -2.00. The molecule has 21 heavy (non-hydrogen) atoms. The van der Waals surface area contributed by atoms with Crippen LogP contribution >= 0.6 is 0 Å². The van der Waals surface area contributed by atoms with Crippen LogP contribution in [0.25, 0.3) is 23.1 Å². The smallest absolute Gasteiger partial charge is 0.274 e. The third-order valence-electron chi connectivity index (χ3n) is 3.21. The van der Waals surface area contributed by atoms with Gasteiger partial charge in [-0.05, 0) is 31.0 Å². The first-order valence-corrected chi connectivity index (χ1v) is 6.42. The molecule has 0 aliphatic heterocycles. The van der Waals surface area contributed by atoms with E-state index in [4.69, 9.17) is 9.78 Å². The van der Waals surface area contributed by atoms with Crippen molar-refractivity contribution >= 4 is 0 Å². The average molecular weight is 279 g/mol. The summed E-state index contributed by atoms with van der Waals surface area (Å²) in [6.07, 6.45) is 3.49. The van der Waals surface area contributed by atoms with E-state index >= 15 is 0 Å². The van der Waals surface area contributed by atoms with Crippen molar-refractivity contribution in [3.05, 3.63) is 41.2 Å². The third kappa shape index (κ3) is 2.30. The Hall–Kier alpha value is -2.94. The van der Waals surface area contributed by atoms with Gasteiger partial charge in [0.05, 0.1) is 5.56 Å². The van der Waals surface area contributed by atoms with Crippen LogP contribution in [0.5, 0.6) is 0 Å². The van der Waals surface area contributed by atoms with E-state index in [2.05, 4.69) is 21.2 Å². The van der Waals surface area contributed by atoms with Crippen molar-refractivity contribution in [1.29, 1.82) is 5.26 Å². The van der Waals surface area contributed by atoms with E-state index in [9.17, 15) is 0 Å². The first-order chi connectivity index (χ1) is 10.1. The van der Waals surface area contributed by atoms with Crippen LogP contribution in [-0.4, -0.2) is 19.7 Å². The van der Waals surface area contributed by atoms with Gasteiger partial charge in [0.1, 0.15) is 17.5 Å². The van der Waals surface area contributed by atoms with Crippen LogP contribution in [0, 0.1) is 25.2 Å². The van der Waals surface area contributed by atoms with Crippen molar-refractivity contribution in [3.63, 3.8) is 0 Å². The number of pyridine rings is 1. The zero-order chi connectivity index (χ0) is 15.0. The Kier molecular flexibility index (Phi) is 3.03. The fourth-order valence-corrected chi connectivity index (χ4v) is 2.21. The van der Waals surface area contributed by atoms with Gasteiger partial charge in [0.15, 0.2) is 0 Å². The van der Waals surface area contributed by atoms with Crippen LogP contribution in [-0.2, 0) is 7.05 Å². The highest BCUT2D eigenvalue weighted by Crippen LogP contribution is 2.24. The summed E-state index contributed by atoms with van der Waals surface area (Å²) in [4.78, 5) is 8.73. The molecule has 0 aromatic carbocycles. The standard InChI is InChI=1S/C15H13N5O/c1-9-4-10(2)13(17-7-9)14-18-15(21-19-14)12-5-11(6-16)8-20(12)3/h4-5,7-8H,1-3H3. The number of hydrogen-bond donors (Lipinski definition) is 0. The molecule has 0 fully saturated rings. The van der Waals surface area contributed by atoms with Crippen LogP contribution in [0.4, 0.5) is 0 Å². The molecule has 6 heteroatoms. The molecule has 104 valence electrons. The number of rotatable bonds is 2. The molecule has 3 aromatic heterocycles. The predicted octanol–water partition coefficient (Wildman–Crippen LogP) is 2.63. The first-order valence-electron chi connectivity index (χ1n) is 6.42. The van der Waals surface area contributed by atoms with Gasteiger partial charge >= 0.3 is 0 Å². The summed E-state index contributed by atoms with van der Waals surface area (Å²) in [5, 5.41) is 12.9. The minimum atomic E-state index is 0.371. The van der Waals surface area contributed by atoms with Crippen molar-refractivity contribution in [2.75, 3.05) is 0 Å². The summed E-state index contributed by atoms with van der Waals surface area (Å²) >= 11 is 0. The summed E-state index contributed by atoms with van der Waals surface area (Å²) in [5.41, 5.74) is 4.03. The van der Waals surface area contributed by atoms with Gasteiger partial charge in [0.25, 0.3) is 5.89 Å². The summed E-state index contributed by atoms with van der Waals surface area (Å²) in [6.45, 7) is 3.94. The molecule has 0 atom stereocenters. The number of hydrogen-bond acceptors (Lipinski definition) is 5. The van der Waals surface area contributed by atoms with Crippen LogP contribution in [0.15, 0.2) is 29.0 Å². The first kappa shape index (κ1) is 13.1. The molecule has 0 radical (unpaired) electrons. The molecule has 0 N–H and O–H groups in total. The largest absolute Gasteiger partial charge is 0.345 e. The van der Waals surface area contributed by atoms with E-state index in [1.165, 1.54) is 0 Å². The molecule has 0 amide bonds. The maximum Gasteiger partial charge on any atom is 0.274 e. The predicted molar refractivity (Wildman–Crippen MR) is 76.1 cm³/mol. The van der Waals surface area contributed by atoms with Gasteiger partial charge in [-0.2, -0.15) is 10.2 Å². The maximum atomic E-state index is 8.93. The second-order valence-electron chi connectivity index (χ2n) is 4.94. The molecule has 0 bridgehead atoms.